The Morgan fingerprint density at radius 3 is 1.90 bits per heavy atom. The number of hydrogen-bond donors (Lipinski definition) is 1. The fourth-order valence-corrected chi connectivity index (χ4v) is 4.04. The van der Waals surface area contributed by atoms with Gasteiger partial charge in [-0.1, -0.05) is 95.6 Å². The summed E-state index contributed by atoms with van der Waals surface area (Å²) in [6.45, 7) is 12.7. The van der Waals surface area contributed by atoms with Gasteiger partial charge in [0.2, 0.25) is 0 Å². The van der Waals surface area contributed by atoms with E-state index in [0.29, 0.717) is 10.6 Å². The van der Waals surface area contributed by atoms with Crippen LogP contribution in [-0.2, 0) is 11.0 Å². The van der Waals surface area contributed by atoms with E-state index in [2.05, 4.69) is 50.0 Å². The maximum Gasteiger partial charge on any atom is 0.122 e. The summed E-state index contributed by atoms with van der Waals surface area (Å²) in [6.07, 6.45) is 3.42. The SMILES string of the molecule is CC(C)(C)c1ccc(-c2ccc(C(O)(c3cccnc3)C(C)(C)C)c(Cl)c2)cc1. The number of hydrogen-bond acceptors (Lipinski definition) is 2. The molecule has 3 aromatic rings. The van der Waals surface area contributed by atoms with Crippen molar-refractivity contribution in [2.24, 2.45) is 5.41 Å². The van der Waals surface area contributed by atoms with E-state index in [4.69, 9.17) is 11.6 Å². The van der Waals surface area contributed by atoms with Gasteiger partial charge in [-0.3, -0.25) is 4.98 Å². The summed E-state index contributed by atoms with van der Waals surface area (Å²) < 4.78 is 0. The molecule has 0 amide bonds. The van der Waals surface area contributed by atoms with Crippen LogP contribution in [0.1, 0.15) is 58.2 Å². The minimum Gasteiger partial charge on any atom is -0.380 e. The Morgan fingerprint density at radius 1 is 0.793 bits per heavy atom. The zero-order valence-electron chi connectivity index (χ0n) is 18.1. The molecule has 0 saturated carbocycles. The Bertz CT molecular complexity index is 982. The summed E-state index contributed by atoms with van der Waals surface area (Å²) in [6, 6.07) is 18.2. The summed E-state index contributed by atoms with van der Waals surface area (Å²) in [5.41, 5.74) is 3.23. The van der Waals surface area contributed by atoms with Gasteiger partial charge in [0.05, 0.1) is 0 Å². The molecule has 29 heavy (non-hydrogen) atoms. The molecule has 1 N–H and O–H groups in total. The van der Waals surface area contributed by atoms with Crippen molar-refractivity contribution in [2.45, 2.75) is 52.6 Å². The maximum absolute atomic E-state index is 11.8. The molecule has 0 fully saturated rings. The lowest BCUT2D eigenvalue weighted by Crippen LogP contribution is -2.41. The van der Waals surface area contributed by atoms with Crippen molar-refractivity contribution >= 4 is 11.6 Å². The summed E-state index contributed by atoms with van der Waals surface area (Å²) in [5.74, 6) is 0. The van der Waals surface area contributed by atoms with Gasteiger partial charge in [-0.25, -0.2) is 0 Å². The molecule has 0 radical (unpaired) electrons. The predicted octanol–water partition coefficient (Wildman–Crippen LogP) is 6.98. The molecule has 2 aromatic carbocycles. The van der Waals surface area contributed by atoms with Crippen LogP contribution in [0.25, 0.3) is 11.1 Å². The molecule has 1 aromatic heterocycles. The van der Waals surface area contributed by atoms with E-state index in [1.807, 2.05) is 51.1 Å². The van der Waals surface area contributed by atoms with E-state index in [1.165, 1.54) is 5.56 Å². The van der Waals surface area contributed by atoms with Gasteiger partial charge in [-0.2, -0.15) is 0 Å². The third-order valence-corrected chi connectivity index (χ3v) is 5.92. The smallest absolute Gasteiger partial charge is 0.122 e. The molecule has 1 heterocycles. The van der Waals surface area contributed by atoms with Gasteiger partial charge in [-0.15, -0.1) is 0 Å². The van der Waals surface area contributed by atoms with Crippen LogP contribution in [0, 0.1) is 5.41 Å². The monoisotopic (exact) mass is 407 g/mol. The molecular formula is C26H30ClNO. The molecule has 3 heteroatoms. The van der Waals surface area contributed by atoms with Crippen LogP contribution in [-0.4, -0.2) is 10.1 Å². The molecule has 0 aliphatic heterocycles. The van der Waals surface area contributed by atoms with E-state index in [9.17, 15) is 5.11 Å². The van der Waals surface area contributed by atoms with Crippen LogP contribution in [0.15, 0.2) is 67.0 Å². The highest BCUT2D eigenvalue weighted by Gasteiger charge is 2.44. The van der Waals surface area contributed by atoms with Crippen molar-refractivity contribution in [3.8, 4) is 11.1 Å². The van der Waals surface area contributed by atoms with Gasteiger partial charge >= 0.3 is 0 Å². The van der Waals surface area contributed by atoms with Gasteiger partial charge in [0.15, 0.2) is 0 Å². The van der Waals surface area contributed by atoms with Gasteiger partial charge in [0, 0.05) is 28.5 Å². The first-order valence-electron chi connectivity index (χ1n) is 9.98. The summed E-state index contributed by atoms with van der Waals surface area (Å²) in [4.78, 5) is 4.21. The highest BCUT2D eigenvalue weighted by molar-refractivity contribution is 6.31. The van der Waals surface area contributed by atoms with Crippen LogP contribution in [0.5, 0.6) is 0 Å². The van der Waals surface area contributed by atoms with E-state index < -0.39 is 11.0 Å². The Labute approximate surface area is 179 Å². The van der Waals surface area contributed by atoms with Crippen molar-refractivity contribution in [1.29, 1.82) is 0 Å². The lowest BCUT2D eigenvalue weighted by Gasteiger charge is -2.41. The second-order valence-corrected chi connectivity index (χ2v) is 10.1. The predicted molar refractivity (Wildman–Crippen MR) is 122 cm³/mol. The zero-order valence-corrected chi connectivity index (χ0v) is 18.9. The Hall–Kier alpha value is -2.16. The van der Waals surface area contributed by atoms with Crippen molar-refractivity contribution in [2.75, 3.05) is 0 Å². The molecule has 1 unspecified atom stereocenters. The molecule has 1 atom stereocenters. The third kappa shape index (κ3) is 4.10. The minimum absolute atomic E-state index is 0.118. The standard InChI is InChI=1S/C26H30ClNO/c1-24(2,3)20-12-9-18(10-13-20)19-11-14-22(23(27)16-19)26(29,25(4,5)6)21-8-7-15-28-17-21/h7-17,29H,1-6H3. The minimum atomic E-state index is -1.26. The normalized spacial score (nSPS) is 14.5. The van der Waals surface area contributed by atoms with Gasteiger partial charge in [-0.05, 0) is 39.7 Å². The number of aromatic nitrogens is 1. The lowest BCUT2D eigenvalue weighted by molar-refractivity contribution is -0.0261. The zero-order chi connectivity index (χ0) is 21.4. The second-order valence-electron chi connectivity index (χ2n) is 9.72. The number of nitrogens with zero attached hydrogens (tertiary/aromatic N) is 1. The number of aliphatic hydroxyl groups is 1. The number of halogens is 1. The molecule has 3 rings (SSSR count). The third-order valence-electron chi connectivity index (χ3n) is 5.61. The van der Waals surface area contributed by atoms with Gasteiger partial charge < -0.3 is 5.11 Å². The molecular weight excluding hydrogens is 378 g/mol. The first-order chi connectivity index (χ1) is 13.4. The molecule has 0 aliphatic carbocycles. The molecule has 2 nitrogen and oxygen atoms in total. The fourth-order valence-electron chi connectivity index (χ4n) is 3.72. The Morgan fingerprint density at radius 2 is 1.41 bits per heavy atom. The van der Waals surface area contributed by atoms with Gasteiger partial charge in [0.25, 0.3) is 0 Å². The van der Waals surface area contributed by atoms with Crippen LogP contribution < -0.4 is 0 Å². The number of rotatable bonds is 3. The average molecular weight is 408 g/mol. The van der Waals surface area contributed by atoms with Crippen molar-refractivity contribution < 1.29 is 5.11 Å². The van der Waals surface area contributed by atoms with Crippen LogP contribution in [0.3, 0.4) is 0 Å². The molecule has 0 aliphatic rings. The highest BCUT2D eigenvalue weighted by Crippen LogP contribution is 2.47. The molecule has 0 bridgehead atoms. The first kappa shape index (κ1) is 21.5. The maximum atomic E-state index is 11.8. The molecule has 0 saturated heterocycles. The van der Waals surface area contributed by atoms with Crippen molar-refractivity contribution in [3.63, 3.8) is 0 Å². The summed E-state index contributed by atoms with van der Waals surface area (Å²) in [5, 5.41) is 12.4. The molecule has 152 valence electrons. The van der Waals surface area contributed by atoms with Crippen LogP contribution >= 0.6 is 11.6 Å². The van der Waals surface area contributed by atoms with E-state index in [1.54, 1.807) is 12.4 Å². The van der Waals surface area contributed by atoms with E-state index in [-0.39, 0.29) is 5.41 Å². The molecule has 0 spiro atoms. The number of pyridine rings is 1. The van der Waals surface area contributed by atoms with E-state index in [0.717, 1.165) is 16.7 Å². The Kier molecular flexibility index (Phi) is 5.64. The quantitative estimate of drug-likeness (QED) is 0.507. The van der Waals surface area contributed by atoms with Crippen LogP contribution in [0.2, 0.25) is 5.02 Å². The van der Waals surface area contributed by atoms with E-state index >= 15 is 0 Å². The largest absolute Gasteiger partial charge is 0.380 e. The lowest BCUT2D eigenvalue weighted by atomic mass is 9.68. The van der Waals surface area contributed by atoms with Crippen molar-refractivity contribution in [3.05, 3.63) is 88.7 Å². The highest BCUT2D eigenvalue weighted by atomic mass is 35.5. The summed E-state index contributed by atoms with van der Waals surface area (Å²) in [7, 11) is 0. The van der Waals surface area contributed by atoms with Gasteiger partial charge in [0.1, 0.15) is 5.60 Å². The van der Waals surface area contributed by atoms with Crippen LogP contribution in [0.4, 0.5) is 0 Å². The summed E-state index contributed by atoms with van der Waals surface area (Å²) >= 11 is 6.74. The van der Waals surface area contributed by atoms with Crippen molar-refractivity contribution in [1.82, 2.24) is 4.98 Å². The average Bonchev–Trinajstić information content (AvgIpc) is 2.66. The first-order valence-corrected chi connectivity index (χ1v) is 10.4. The fraction of sp³-hybridized carbons (Fsp3) is 0.346. The second kappa shape index (κ2) is 7.59. The Balaban J connectivity index is 2.06. The number of benzene rings is 2. The topological polar surface area (TPSA) is 33.1 Å².